The molecular weight excluding hydrogens is 879 g/mol. The molecule has 2 N–H and O–H groups in total. The Kier molecular flexibility index (Phi) is 14.8. The van der Waals surface area contributed by atoms with Gasteiger partial charge >= 0.3 is 5.51 Å². The summed E-state index contributed by atoms with van der Waals surface area (Å²) in [6.45, 7) is 4.30. The maximum absolute atomic E-state index is 14.2. The van der Waals surface area contributed by atoms with Gasteiger partial charge < -0.3 is 10.2 Å². The molecule has 332 valence electrons. The van der Waals surface area contributed by atoms with Crippen LogP contribution in [0.3, 0.4) is 0 Å². The summed E-state index contributed by atoms with van der Waals surface area (Å²) in [5.74, 6) is 0.470. The lowest BCUT2D eigenvalue weighted by atomic mass is 9.96. The monoisotopic (exact) mass is 929 g/mol. The van der Waals surface area contributed by atoms with Gasteiger partial charge in [0.25, 0.3) is 19.9 Å². The lowest BCUT2D eigenvalue weighted by molar-refractivity contribution is -0.0428. The lowest BCUT2D eigenvalue weighted by Crippen LogP contribution is -2.46. The Balaban J connectivity index is 1.02. The van der Waals surface area contributed by atoms with E-state index >= 15 is 0 Å². The van der Waals surface area contributed by atoms with E-state index in [1.165, 1.54) is 29.7 Å². The minimum atomic E-state index is -5.92. The number of nitrogens with one attached hydrogen (secondary N) is 2. The normalized spacial score (nSPS) is 18.9. The van der Waals surface area contributed by atoms with Crippen molar-refractivity contribution in [3.05, 3.63) is 129 Å². The van der Waals surface area contributed by atoms with E-state index in [9.17, 15) is 30.0 Å². The van der Waals surface area contributed by atoms with Gasteiger partial charge in [-0.15, -0.1) is 11.8 Å². The van der Waals surface area contributed by atoms with Crippen LogP contribution in [0.2, 0.25) is 5.02 Å². The highest BCUT2D eigenvalue weighted by Crippen LogP contribution is 2.37. The second kappa shape index (κ2) is 19.9. The molecule has 0 bridgehead atoms. The third-order valence-electron chi connectivity index (χ3n) is 11.6. The molecule has 0 radical (unpaired) electrons. The van der Waals surface area contributed by atoms with Gasteiger partial charge in [-0.05, 0) is 101 Å². The molecule has 11 nitrogen and oxygen atoms in total. The molecule has 3 aliphatic rings. The van der Waals surface area contributed by atoms with Gasteiger partial charge in [0.2, 0.25) is 0 Å². The number of sulfonamides is 1. The van der Waals surface area contributed by atoms with Gasteiger partial charge in [-0.25, -0.2) is 26.8 Å². The van der Waals surface area contributed by atoms with Crippen LogP contribution in [0.4, 0.5) is 19.0 Å². The summed E-state index contributed by atoms with van der Waals surface area (Å²) in [4.78, 5) is 14.8. The van der Waals surface area contributed by atoms with Crippen LogP contribution < -0.4 is 10.0 Å². The molecule has 2 atom stereocenters. The molecular formula is C44H51ClF3N7O4S3. The van der Waals surface area contributed by atoms with Crippen LogP contribution in [0.1, 0.15) is 42.5 Å². The van der Waals surface area contributed by atoms with Gasteiger partial charge in [0.1, 0.15) is 12.1 Å². The SMILES string of the molecule is CN(C)CCC(CSc1ccccc1)NC1CC=C(S(=O)(=O)Nc2ncnc3c2CCN(C2CCN(Cc4ccccc4-c4ccccc4Cl)CC2)C3)C=C1S(=O)(=O)C(F)(F)F. The number of rotatable bonds is 16. The molecule has 62 heavy (non-hydrogen) atoms. The van der Waals surface area contributed by atoms with Crippen molar-refractivity contribution >= 4 is 49.0 Å². The molecule has 18 heteroatoms. The highest BCUT2D eigenvalue weighted by atomic mass is 35.5. The standard InChI is InChI=1S/C44H51ClF3N7O4S3/c1-53(2)22-18-32(29-60-34-11-4-3-5-12-34)51-40-17-16-35(26-42(40)61(56,57)44(46,47)48)62(58,59)52-43-38-21-25-55(28-41(38)49-30-50-43)33-19-23-54(24-20-33)27-31-10-6-7-13-36(31)37-14-8-9-15-39(37)45/h3-16,26,30,32-33,40,51H,17-25,27-29H2,1-2H3,(H,49,50,52). The largest absolute Gasteiger partial charge is 0.501 e. The molecule has 1 aromatic heterocycles. The fourth-order valence-corrected chi connectivity index (χ4v) is 11.8. The number of hydrogen-bond donors (Lipinski definition) is 2. The zero-order chi connectivity index (χ0) is 44.1. The number of benzene rings is 3. The van der Waals surface area contributed by atoms with Gasteiger partial charge in [0.05, 0.1) is 15.5 Å². The fraction of sp³-hybridized carbons (Fsp3) is 0.409. The summed E-state index contributed by atoms with van der Waals surface area (Å²) < 4.78 is 99.0. The van der Waals surface area contributed by atoms with Crippen LogP contribution in [0.15, 0.2) is 112 Å². The van der Waals surface area contributed by atoms with E-state index in [-0.39, 0.29) is 12.2 Å². The van der Waals surface area contributed by atoms with E-state index in [0.717, 1.165) is 48.5 Å². The zero-order valence-corrected chi connectivity index (χ0v) is 37.8. The van der Waals surface area contributed by atoms with Gasteiger partial charge in [0.15, 0.2) is 0 Å². The Hall–Kier alpha value is -3.81. The zero-order valence-electron chi connectivity index (χ0n) is 34.6. The maximum atomic E-state index is 14.2. The number of allylic oxidation sites excluding steroid dienone is 1. The van der Waals surface area contributed by atoms with E-state index in [4.69, 9.17) is 11.6 Å². The van der Waals surface area contributed by atoms with Gasteiger partial charge in [-0.1, -0.05) is 78.3 Å². The molecule has 4 aromatic rings. The van der Waals surface area contributed by atoms with Gasteiger partial charge in [0, 0.05) is 64.6 Å². The average molecular weight is 931 g/mol. The fourth-order valence-electron chi connectivity index (χ4n) is 8.26. The van der Waals surface area contributed by atoms with Gasteiger partial charge in [-0.2, -0.15) is 13.2 Å². The molecule has 0 amide bonds. The van der Waals surface area contributed by atoms with E-state index < -0.39 is 47.3 Å². The maximum Gasteiger partial charge on any atom is 0.501 e. The van der Waals surface area contributed by atoms with Crippen molar-refractivity contribution in [2.24, 2.45) is 0 Å². The van der Waals surface area contributed by atoms with Crippen molar-refractivity contribution in [1.29, 1.82) is 0 Å². The molecule has 3 aromatic carbocycles. The van der Waals surface area contributed by atoms with Crippen LogP contribution in [0.25, 0.3) is 11.1 Å². The second-order valence-electron chi connectivity index (χ2n) is 16.1. The Labute approximate surface area is 371 Å². The number of likely N-dealkylation sites (tertiary alicyclic amines) is 1. The topological polar surface area (TPSA) is 128 Å². The van der Waals surface area contributed by atoms with Crippen molar-refractivity contribution in [1.82, 2.24) is 30.0 Å². The number of aromatic nitrogens is 2. The van der Waals surface area contributed by atoms with Crippen LogP contribution in [-0.4, -0.2) is 111 Å². The molecule has 2 aliphatic heterocycles. The van der Waals surface area contributed by atoms with E-state index in [1.807, 2.05) is 85.7 Å². The van der Waals surface area contributed by atoms with Crippen molar-refractivity contribution in [2.45, 2.75) is 73.7 Å². The molecule has 1 saturated heterocycles. The summed E-state index contributed by atoms with van der Waals surface area (Å²) >= 11 is 8.05. The summed E-state index contributed by atoms with van der Waals surface area (Å²) in [5, 5.41) is 3.86. The summed E-state index contributed by atoms with van der Waals surface area (Å²) in [6.07, 6.45) is 5.71. The van der Waals surface area contributed by atoms with Crippen molar-refractivity contribution in [3.8, 4) is 11.1 Å². The third-order valence-corrected chi connectivity index (χ3v) is 16.1. The highest BCUT2D eigenvalue weighted by molar-refractivity contribution is 7.99. The smallest absolute Gasteiger partial charge is 0.309 e. The first-order valence-electron chi connectivity index (χ1n) is 20.6. The Morgan fingerprint density at radius 2 is 1.61 bits per heavy atom. The van der Waals surface area contributed by atoms with E-state index in [1.54, 1.807) is 0 Å². The number of thioether (sulfide) groups is 1. The van der Waals surface area contributed by atoms with Crippen LogP contribution in [-0.2, 0) is 39.4 Å². The predicted molar refractivity (Wildman–Crippen MR) is 241 cm³/mol. The average Bonchev–Trinajstić information content (AvgIpc) is 3.25. The number of piperidine rings is 1. The lowest BCUT2D eigenvalue weighted by Gasteiger charge is -2.40. The summed E-state index contributed by atoms with van der Waals surface area (Å²) in [5.41, 5.74) is -1.04. The Morgan fingerprint density at radius 1 is 0.919 bits per heavy atom. The molecule has 0 saturated carbocycles. The number of nitrogens with zero attached hydrogens (tertiary/aromatic N) is 5. The number of anilines is 1. The number of halogens is 4. The predicted octanol–water partition coefficient (Wildman–Crippen LogP) is 7.74. The second-order valence-corrected chi connectivity index (χ2v) is 21.2. The Morgan fingerprint density at radius 3 is 2.32 bits per heavy atom. The van der Waals surface area contributed by atoms with Crippen molar-refractivity contribution in [2.75, 3.05) is 50.7 Å². The molecule has 0 spiro atoms. The highest BCUT2D eigenvalue weighted by Gasteiger charge is 2.51. The van der Waals surface area contributed by atoms with Crippen LogP contribution in [0, 0.1) is 0 Å². The molecule has 3 heterocycles. The Bertz CT molecular complexity index is 2480. The summed E-state index contributed by atoms with van der Waals surface area (Å²) in [6, 6.07) is 24.2. The van der Waals surface area contributed by atoms with Crippen molar-refractivity contribution in [3.63, 3.8) is 0 Å². The number of sulfone groups is 1. The minimum Gasteiger partial charge on any atom is -0.309 e. The van der Waals surface area contributed by atoms with E-state index in [0.29, 0.717) is 66.6 Å². The van der Waals surface area contributed by atoms with Crippen molar-refractivity contribution < 1.29 is 30.0 Å². The van der Waals surface area contributed by atoms with Crippen LogP contribution >= 0.6 is 23.4 Å². The molecule has 2 unspecified atom stereocenters. The summed E-state index contributed by atoms with van der Waals surface area (Å²) in [7, 11) is -6.74. The first-order valence-corrected chi connectivity index (χ1v) is 24.9. The first kappa shape index (κ1) is 46.2. The molecule has 1 aliphatic carbocycles. The number of hydrogen-bond acceptors (Lipinski definition) is 11. The van der Waals surface area contributed by atoms with Crippen LogP contribution in [0.5, 0.6) is 0 Å². The number of alkyl halides is 3. The third kappa shape index (κ3) is 11.1. The van der Waals surface area contributed by atoms with Gasteiger partial charge in [-0.3, -0.25) is 14.5 Å². The number of fused-ring (bicyclic) bond motifs is 1. The molecule has 1 fully saturated rings. The minimum absolute atomic E-state index is 0.0260. The first-order chi connectivity index (χ1) is 29.6. The van der Waals surface area contributed by atoms with E-state index in [2.05, 4.69) is 41.9 Å². The molecule has 7 rings (SSSR count). The quantitative estimate of drug-likeness (QED) is 0.107.